The highest BCUT2D eigenvalue weighted by Gasteiger charge is 2.06. The zero-order valence-corrected chi connectivity index (χ0v) is 10.3. The number of ether oxygens (including phenoxy) is 1. The van der Waals surface area contributed by atoms with Gasteiger partial charge in [0.2, 0.25) is 5.91 Å². The molecule has 5 heteroatoms. The van der Waals surface area contributed by atoms with Crippen molar-refractivity contribution in [3.05, 3.63) is 30.1 Å². The van der Waals surface area contributed by atoms with Gasteiger partial charge in [-0.3, -0.25) is 9.59 Å². The van der Waals surface area contributed by atoms with E-state index < -0.39 is 5.97 Å². The third kappa shape index (κ3) is 6.22. The number of carbonyl (C=O) groups is 2. The summed E-state index contributed by atoms with van der Waals surface area (Å²) in [6, 6.07) is 5.45. The molecule has 0 atom stereocenters. The lowest BCUT2D eigenvalue weighted by Crippen LogP contribution is -2.12. The van der Waals surface area contributed by atoms with Crippen molar-refractivity contribution in [3.63, 3.8) is 0 Å². The Morgan fingerprint density at radius 3 is 2.58 bits per heavy atom. The molecule has 4 nitrogen and oxygen atoms in total. The zero-order valence-electron chi connectivity index (χ0n) is 10.3. The van der Waals surface area contributed by atoms with Crippen LogP contribution in [0.5, 0.6) is 0 Å². The molecule has 0 radical (unpaired) electrons. The van der Waals surface area contributed by atoms with Crippen molar-refractivity contribution in [1.29, 1.82) is 0 Å². The minimum absolute atomic E-state index is 0.0550. The Morgan fingerprint density at radius 2 is 1.95 bits per heavy atom. The topological polar surface area (TPSA) is 55.4 Å². The second-order valence-corrected chi connectivity index (χ2v) is 3.77. The largest absolute Gasteiger partial charge is 0.452 e. The Balaban J connectivity index is 2.23. The lowest BCUT2D eigenvalue weighted by molar-refractivity contribution is -0.142. The van der Waals surface area contributed by atoms with Crippen LogP contribution in [0.15, 0.2) is 24.3 Å². The second-order valence-electron chi connectivity index (χ2n) is 3.77. The molecule has 0 spiro atoms. The Morgan fingerprint density at radius 1 is 1.26 bits per heavy atom. The minimum Gasteiger partial charge on any atom is -0.452 e. The number of hydrogen-bond donors (Lipinski definition) is 1. The number of carbonyl (C=O) groups excluding carboxylic acids is 2. The van der Waals surface area contributed by atoms with E-state index in [0.29, 0.717) is 12.1 Å². The average molecular weight is 263 g/mol. The number of amides is 1. The molecular formula is C14H14FNO3. The normalized spacial score (nSPS) is 9.47. The molecule has 0 aliphatic heterocycles. The van der Waals surface area contributed by atoms with Crippen LogP contribution in [0.2, 0.25) is 0 Å². The van der Waals surface area contributed by atoms with Gasteiger partial charge in [0.15, 0.2) is 6.61 Å². The molecule has 0 saturated heterocycles. The van der Waals surface area contributed by atoms with Gasteiger partial charge in [0.1, 0.15) is 5.82 Å². The summed E-state index contributed by atoms with van der Waals surface area (Å²) in [5.74, 6) is 1.15. The number of rotatable bonds is 6. The molecule has 1 rings (SSSR count). The maximum Gasteiger partial charge on any atom is 0.306 e. The SMILES string of the molecule is C#CCOC(=O)CCCC(=O)Nc1ccc(F)cc1. The maximum atomic E-state index is 12.6. The van der Waals surface area contributed by atoms with Gasteiger partial charge >= 0.3 is 5.97 Å². The number of benzene rings is 1. The molecule has 19 heavy (non-hydrogen) atoms. The van der Waals surface area contributed by atoms with Crippen molar-refractivity contribution < 1.29 is 18.7 Å². The van der Waals surface area contributed by atoms with Gasteiger partial charge in [0.25, 0.3) is 0 Å². The van der Waals surface area contributed by atoms with Crippen molar-refractivity contribution in [3.8, 4) is 12.3 Å². The quantitative estimate of drug-likeness (QED) is 0.631. The lowest BCUT2D eigenvalue weighted by Gasteiger charge is -2.05. The molecule has 0 fully saturated rings. The van der Waals surface area contributed by atoms with Crippen LogP contribution in [0.3, 0.4) is 0 Å². The van der Waals surface area contributed by atoms with E-state index in [9.17, 15) is 14.0 Å². The summed E-state index contributed by atoms with van der Waals surface area (Å²) >= 11 is 0. The van der Waals surface area contributed by atoms with Crippen molar-refractivity contribution in [2.45, 2.75) is 19.3 Å². The van der Waals surface area contributed by atoms with Gasteiger partial charge in [-0.05, 0) is 30.7 Å². The number of terminal acetylenes is 1. The molecule has 1 N–H and O–H groups in total. The zero-order chi connectivity index (χ0) is 14.1. The van der Waals surface area contributed by atoms with E-state index in [4.69, 9.17) is 6.42 Å². The van der Waals surface area contributed by atoms with Gasteiger partial charge in [-0.1, -0.05) is 5.92 Å². The molecule has 0 bridgehead atoms. The molecule has 0 saturated carbocycles. The second kappa shape index (κ2) is 7.88. The van der Waals surface area contributed by atoms with Crippen molar-refractivity contribution >= 4 is 17.6 Å². The van der Waals surface area contributed by atoms with E-state index in [1.807, 2.05) is 0 Å². The molecule has 1 aromatic carbocycles. The molecule has 0 heterocycles. The molecule has 0 aliphatic carbocycles. The van der Waals surface area contributed by atoms with Gasteiger partial charge < -0.3 is 10.1 Å². The number of halogens is 1. The lowest BCUT2D eigenvalue weighted by atomic mass is 10.2. The van der Waals surface area contributed by atoms with Crippen molar-refractivity contribution in [2.24, 2.45) is 0 Å². The van der Waals surface area contributed by atoms with Crippen LogP contribution in [0.1, 0.15) is 19.3 Å². The van der Waals surface area contributed by atoms with Crippen LogP contribution in [-0.2, 0) is 14.3 Å². The molecule has 0 unspecified atom stereocenters. The van der Waals surface area contributed by atoms with E-state index in [1.54, 1.807) is 0 Å². The Bertz CT molecular complexity index is 476. The van der Waals surface area contributed by atoms with E-state index >= 15 is 0 Å². The Hall–Kier alpha value is -2.35. The highest BCUT2D eigenvalue weighted by Crippen LogP contribution is 2.09. The molecule has 0 aromatic heterocycles. The first-order valence-corrected chi connectivity index (χ1v) is 5.76. The average Bonchev–Trinajstić information content (AvgIpc) is 2.39. The molecule has 100 valence electrons. The number of esters is 1. The molecule has 1 amide bonds. The van der Waals surface area contributed by atoms with Crippen molar-refractivity contribution in [2.75, 3.05) is 11.9 Å². The predicted molar refractivity (Wildman–Crippen MR) is 68.7 cm³/mol. The van der Waals surface area contributed by atoms with Crippen LogP contribution in [-0.4, -0.2) is 18.5 Å². The maximum absolute atomic E-state index is 12.6. The van der Waals surface area contributed by atoms with Gasteiger partial charge in [-0.25, -0.2) is 4.39 Å². The van der Waals surface area contributed by atoms with Crippen LogP contribution >= 0.6 is 0 Å². The number of anilines is 1. The summed E-state index contributed by atoms with van der Waals surface area (Å²) in [6.07, 6.45) is 5.62. The summed E-state index contributed by atoms with van der Waals surface area (Å²) in [5.41, 5.74) is 0.515. The van der Waals surface area contributed by atoms with Gasteiger partial charge in [0, 0.05) is 18.5 Å². The first-order valence-electron chi connectivity index (χ1n) is 5.76. The Labute approximate surface area is 111 Å². The van der Waals surface area contributed by atoms with Crippen LogP contribution in [0.25, 0.3) is 0 Å². The van der Waals surface area contributed by atoms with E-state index in [0.717, 1.165) is 0 Å². The molecular weight excluding hydrogens is 249 g/mol. The summed E-state index contributed by atoms with van der Waals surface area (Å²) < 4.78 is 17.3. The van der Waals surface area contributed by atoms with Gasteiger partial charge in [-0.2, -0.15) is 0 Å². The van der Waals surface area contributed by atoms with Crippen molar-refractivity contribution in [1.82, 2.24) is 0 Å². The standard InChI is InChI=1S/C14H14FNO3/c1-2-10-19-14(18)5-3-4-13(17)16-12-8-6-11(15)7-9-12/h1,6-9H,3-5,10H2,(H,16,17). The summed E-state index contributed by atoms with van der Waals surface area (Å²) in [6.45, 7) is -0.0550. The fourth-order valence-electron chi connectivity index (χ4n) is 1.34. The number of nitrogens with one attached hydrogen (secondary N) is 1. The summed E-state index contributed by atoms with van der Waals surface area (Å²) in [4.78, 5) is 22.6. The smallest absolute Gasteiger partial charge is 0.306 e. The summed E-state index contributed by atoms with van der Waals surface area (Å²) in [7, 11) is 0. The predicted octanol–water partition coefficient (Wildman–Crippen LogP) is 2.11. The molecule has 0 aliphatic rings. The van der Waals surface area contributed by atoms with Crippen LogP contribution in [0.4, 0.5) is 10.1 Å². The van der Waals surface area contributed by atoms with Gasteiger partial charge in [-0.15, -0.1) is 6.42 Å². The first-order chi connectivity index (χ1) is 9.11. The van der Waals surface area contributed by atoms with E-state index in [-0.39, 0.29) is 31.2 Å². The third-order valence-corrected chi connectivity index (χ3v) is 2.23. The first kappa shape index (κ1) is 14.7. The third-order valence-electron chi connectivity index (χ3n) is 2.23. The monoisotopic (exact) mass is 263 g/mol. The highest BCUT2D eigenvalue weighted by molar-refractivity contribution is 5.90. The van der Waals surface area contributed by atoms with E-state index in [1.165, 1.54) is 24.3 Å². The van der Waals surface area contributed by atoms with E-state index in [2.05, 4.69) is 16.0 Å². The highest BCUT2D eigenvalue weighted by atomic mass is 19.1. The fraction of sp³-hybridized carbons (Fsp3) is 0.286. The summed E-state index contributed by atoms with van der Waals surface area (Å²) in [5, 5.41) is 2.60. The number of hydrogen-bond acceptors (Lipinski definition) is 3. The van der Waals surface area contributed by atoms with Gasteiger partial charge in [0.05, 0.1) is 0 Å². The molecule has 1 aromatic rings. The Kier molecular flexibility index (Phi) is 6.10. The van der Waals surface area contributed by atoms with Crippen LogP contribution < -0.4 is 5.32 Å². The van der Waals surface area contributed by atoms with Crippen LogP contribution in [0, 0.1) is 18.2 Å². The fourth-order valence-corrected chi connectivity index (χ4v) is 1.34. The minimum atomic E-state index is -0.424.